The van der Waals surface area contributed by atoms with Gasteiger partial charge in [0.15, 0.2) is 11.5 Å². The first-order valence-electron chi connectivity index (χ1n) is 13.4. The third-order valence-electron chi connectivity index (χ3n) is 6.91. The van der Waals surface area contributed by atoms with Crippen molar-refractivity contribution in [2.75, 3.05) is 24.4 Å². The molecule has 0 atom stereocenters. The number of hydrogen-bond donors (Lipinski definition) is 3. The molecule has 1 fully saturated rings. The first-order chi connectivity index (χ1) is 20.7. The number of aliphatic carboxylic acids is 1. The van der Waals surface area contributed by atoms with Crippen LogP contribution in [-0.4, -0.2) is 41.6 Å². The average Bonchev–Trinajstić information content (AvgIpc) is 3.80. The standard InChI is InChI=1S/C31H27ClFN3O7.Na.H/c1-41-26-16-21-23(17-27(26)42-14-2-3-28(37)38)34-13-10-24(21)43-25-9-8-20(15-22(25)32)36-30(40)31(11-12-31)29(39)35-19-6-4-18(33)5-7-19;;/h4-10,13,15-17H,2-3,11-12,14H2,1H3,(H,35,39)(H,36,40)(H,37,38);;/q;+1;-1. The molecule has 0 aliphatic heterocycles. The summed E-state index contributed by atoms with van der Waals surface area (Å²) in [5.41, 5.74) is 0.120. The fourth-order valence-corrected chi connectivity index (χ4v) is 4.61. The summed E-state index contributed by atoms with van der Waals surface area (Å²) in [4.78, 5) is 41.0. The number of carboxylic acid groups (broad SMARTS) is 1. The second-order valence-corrected chi connectivity index (χ2v) is 10.3. The van der Waals surface area contributed by atoms with Crippen LogP contribution in [0.25, 0.3) is 10.9 Å². The molecule has 44 heavy (non-hydrogen) atoms. The minimum Gasteiger partial charge on any atom is -1.00 e. The van der Waals surface area contributed by atoms with E-state index in [1.54, 1.807) is 36.5 Å². The smallest absolute Gasteiger partial charge is 1.00 e. The van der Waals surface area contributed by atoms with E-state index in [0.717, 1.165) is 0 Å². The van der Waals surface area contributed by atoms with Crippen LogP contribution in [0.2, 0.25) is 5.02 Å². The maximum absolute atomic E-state index is 13.2. The number of halogens is 2. The first-order valence-corrected chi connectivity index (χ1v) is 13.7. The summed E-state index contributed by atoms with van der Waals surface area (Å²) in [6, 6.07) is 15.1. The molecule has 0 saturated heterocycles. The number of hydrogen-bond acceptors (Lipinski definition) is 7. The van der Waals surface area contributed by atoms with Crippen LogP contribution in [0.1, 0.15) is 27.1 Å². The number of aromatic nitrogens is 1. The molecule has 0 bridgehead atoms. The number of nitrogens with zero attached hydrogens (tertiary/aromatic N) is 1. The van der Waals surface area contributed by atoms with Crippen molar-refractivity contribution in [3.05, 3.63) is 77.7 Å². The van der Waals surface area contributed by atoms with Crippen molar-refractivity contribution in [3.8, 4) is 23.0 Å². The number of methoxy groups -OCH3 is 1. The Morgan fingerprint density at radius 3 is 2.27 bits per heavy atom. The second-order valence-electron chi connectivity index (χ2n) is 9.92. The molecule has 0 spiro atoms. The number of carboxylic acids is 1. The normalized spacial score (nSPS) is 12.9. The molecule has 3 N–H and O–H groups in total. The molecule has 1 heterocycles. The van der Waals surface area contributed by atoms with E-state index in [1.807, 2.05) is 0 Å². The van der Waals surface area contributed by atoms with Crippen molar-refractivity contribution >= 4 is 51.7 Å². The van der Waals surface area contributed by atoms with E-state index in [4.69, 9.17) is 30.9 Å². The van der Waals surface area contributed by atoms with E-state index in [1.165, 1.54) is 37.4 Å². The van der Waals surface area contributed by atoms with Crippen LogP contribution in [0.4, 0.5) is 15.8 Å². The zero-order chi connectivity index (χ0) is 30.6. The molecule has 1 aromatic heterocycles. The number of carbonyl (C=O) groups excluding carboxylic acids is 2. The van der Waals surface area contributed by atoms with Gasteiger partial charge in [0, 0.05) is 35.4 Å². The number of carbonyl (C=O) groups is 3. The van der Waals surface area contributed by atoms with Gasteiger partial charge in [-0.3, -0.25) is 19.4 Å². The number of pyridine rings is 1. The van der Waals surface area contributed by atoms with E-state index in [-0.39, 0.29) is 49.0 Å². The molecule has 4 aromatic rings. The molecule has 2 amide bonds. The van der Waals surface area contributed by atoms with Crippen LogP contribution in [0.15, 0.2) is 66.9 Å². The topological polar surface area (TPSA) is 136 Å². The number of ether oxygens (including phenoxy) is 3. The maximum atomic E-state index is 13.2. The summed E-state index contributed by atoms with van der Waals surface area (Å²) in [7, 11) is 1.49. The van der Waals surface area contributed by atoms with E-state index in [0.29, 0.717) is 64.5 Å². The Morgan fingerprint density at radius 2 is 1.64 bits per heavy atom. The third-order valence-corrected chi connectivity index (χ3v) is 7.21. The molecule has 10 nitrogen and oxygen atoms in total. The maximum Gasteiger partial charge on any atom is 1.00 e. The van der Waals surface area contributed by atoms with Crippen molar-refractivity contribution in [1.82, 2.24) is 4.98 Å². The summed E-state index contributed by atoms with van der Waals surface area (Å²) >= 11 is 6.52. The Morgan fingerprint density at radius 1 is 0.955 bits per heavy atom. The summed E-state index contributed by atoms with van der Waals surface area (Å²) in [5, 5.41) is 15.1. The van der Waals surface area contributed by atoms with Gasteiger partial charge in [-0.1, -0.05) is 11.6 Å². The van der Waals surface area contributed by atoms with Gasteiger partial charge in [0.2, 0.25) is 11.8 Å². The third kappa shape index (κ3) is 7.59. The monoisotopic (exact) mass is 631 g/mol. The van der Waals surface area contributed by atoms with Crippen LogP contribution in [0, 0.1) is 11.2 Å². The van der Waals surface area contributed by atoms with Crippen LogP contribution in [-0.2, 0) is 14.4 Å². The van der Waals surface area contributed by atoms with Gasteiger partial charge in [-0.2, -0.15) is 0 Å². The van der Waals surface area contributed by atoms with Gasteiger partial charge in [0.05, 0.1) is 24.3 Å². The van der Waals surface area contributed by atoms with E-state index in [9.17, 15) is 18.8 Å². The summed E-state index contributed by atoms with van der Waals surface area (Å²) in [6.45, 7) is 0.197. The molecule has 224 valence electrons. The molecule has 0 radical (unpaired) electrons. The average molecular weight is 632 g/mol. The SMILES string of the molecule is COc1cc2c(Oc3ccc(NC(=O)C4(C(=O)Nc5ccc(F)cc5)CC4)cc3Cl)ccnc2cc1OCCCC(=O)O.[H-].[Na+]. The van der Waals surface area contributed by atoms with Gasteiger partial charge in [-0.05, 0) is 73.9 Å². The van der Waals surface area contributed by atoms with Gasteiger partial charge in [-0.25, -0.2) is 4.39 Å². The van der Waals surface area contributed by atoms with Crippen LogP contribution >= 0.6 is 11.6 Å². The summed E-state index contributed by atoms with van der Waals surface area (Å²) < 4.78 is 30.5. The fourth-order valence-electron chi connectivity index (χ4n) is 4.39. The van der Waals surface area contributed by atoms with Crippen molar-refractivity contribution in [1.29, 1.82) is 0 Å². The minimum absolute atomic E-state index is 0. The summed E-state index contributed by atoms with van der Waals surface area (Å²) in [5.74, 6) is -0.663. The van der Waals surface area contributed by atoms with Crippen molar-refractivity contribution < 1.29 is 69.1 Å². The molecule has 13 heteroatoms. The molecule has 0 unspecified atom stereocenters. The largest absolute Gasteiger partial charge is 1.00 e. The van der Waals surface area contributed by atoms with Gasteiger partial charge in [0.1, 0.15) is 22.7 Å². The number of nitrogens with one attached hydrogen (secondary N) is 2. The summed E-state index contributed by atoms with van der Waals surface area (Å²) in [6.07, 6.45) is 2.66. The Bertz CT molecular complexity index is 1710. The Kier molecular flexibility index (Phi) is 10.7. The second kappa shape index (κ2) is 14.3. The molecule has 3 aromatic carbocycles. The van der Waals surface area contributed by atoms with Gasteiger partial charge < -0.3 is 31.4 Å². The van der Waals surface area contributed by atoms with Crippen molar-refractivity contribution in [2.45, 2.75) is 25.7 Å². The number of anilines is 2. The number of amides is 2. The molecular formula is C31H28ClFN3NaO7. The number of benzene rings is 3. The van der Waals surface area contributed by atoms with Crippen molar-refractivity contribution in [3.63, 3.8) is 0 Å². The molecular weight excluding hydrogens is 604 g/mol. The van der Waals surface area contributed by atoms with Gasteiger partial charge >= 0.3 is 35.5 Å². The van der Waals surface area contributed by atoms with Crippen molar-refractivity contribution in [2.24, 2.45) is 5.41 Å². The van der Waals surface area contributed by atoms with Crippen LogP contribution in [0.5, 0.6) is 23.0 Å². The molecule has 1 saturated carbocycles. The zero-order valence-electron chi connectivity index (χ0n) is 25.0. The predicted molar refractivity (Wildman–Crippen MR) is 159 cm³/mol. The zero-order valence-corrected chi connectivity index (χ0v) is 26.7. The van der Waals surface area contributed by atoms with Gasteiger partial charge in [0.25, 0.3) is 0 Å². The Hall–Kier alpha value is -3.90. The fraction of sp³-hybridized carbons (Fsp3) is 0.226. The minimum atomic E-state index is -1.22. The van der Waals surface area contributed by atoms with Gasteiger partial charge in [-0.15, -0.1) is 0 Å². The van der Waals surface area contributed by atoms with E-state index in [2.05, 4.69) is 15.6 Å². The Balaban J connectivity index is 0.00000276. The molecule has 5 rings (SSSR count). The number of fused-ring (bicyclic) bond motifs is 1. The Labute approximate surface area is 280 Å². The molecule has 1 aliphatic carbocycles. The predicted octanol–water partition coefficient (Wildman–Crippen LogP) is 3.55. The first kappa shape index (κ1) is 33.0. The molecule has 1 aliphatic rings. The van der Waals surface area contributed by atoms with E-state index < -0.39 is 29.0 Å². The van der Waals surface area contributed by atoms with E-state index >= 15 is 0 Å². The quantitative estimate of drug-likeness (QED) is 0.123. The van der Waals surface area contributed by atoms with Crippen LogP contribution < -0.4 is 54.4 Å². The number of rotatable bonds is 12. The van der Waals surface area contributed by atoms with Crippen LogP contribution in [0.3, 0.4) is 0 Å².